The first-order valence-corrected chi connectivity index (χ1v) is 7.15. The molecule has 4 heteroatoms. The Morgan fingerprint density at radius 2 is 1.90 bits per heavy atom. The molecule has 1 N–H and O–H groups in total. The second-order valence-electron chi connectivity index (χ2n) is 5.21. The van der Waals surface area contributed by atoms with Crippen molar-refractivity contribution in [1.29, 1.82) is 0 Å². The zero-order chi connectivity index (χ0) is 15.1. The lowest BCUT2D eigenvalue weighted by Crippen LogP contribution is -2.36. The van der Waals surface area contributed by atoms with Crippen LogP contribution in [0.1, 0.15) is 38.8 Å². The number of carbonyl (C=O) groups is 1. The molecule has 0 aliphatic heterocycles. The van der Waals surface area contributed by atoms with Crippen LogP contribution in [0.4, 0.5) is 0 Å². The van der Waals surface area contributed by atoms with Crippen molar-refractivity contribution in [3.63, 3.8) is 0 Å². The van der Waals surface area contributed by atoms with Gasteiger partial charge in [0.05, 0.1) is 0 Å². The predicted octanol–water partition coefficient (Wildman–Crippen LogP) is 2.60. The molecule has 1 atom stereocenters. The molecular formula is C16H26N2O2. The van der Waals surface area contributed by atoms with Gasteiger partial charge in [0.1, 0.15) is 5.75 Å². The Balaban J connectivity index is 2.56. The molecule has 1 aromatic carbocycles. The van der Waals surface area contributed by atoms with Crippen LogP contribution >= 0.6 is 0 Å². The minimum absolute atomic E-state index is 0.00858. The fraction of sp³-hybridized carbons (Fsp3) is 0.562. The Morgan fingerprint density at radius 1 is 1.30 bits per heavy atom. The molecule has 0 saturated carbocycles. The van der Waals surface area contributed by atoms with Gasteiger partial charge >= 0.3 is 0 Å². The number of ether oxygens (including phenoxy) is 1. The standard InChI is InChI=1S/C16H26N2O2/c1-6-15(17-4)13-7-9-14(10-8-13)20-11-16(19)18(5)12(2)3/h7-10,12,15,17H,6,11H2,1-5H3. The van der Waals surface area contributed by atoms with Crippen LogP contribution < -0.4 is 10.1 Å². The number of nitrogens with zero attached hydrogens (tertiary/aromatic N) is 1. The Bertz CT molecular complexity index is 411. The lowest BCUT2D eigenvalue weighted by Gasteiger charge is -2.21. The van der Waals surface area contributed by atoms with Crippen LogP contribution in [-0.4, -0.2) is 37.6 Å². The first kappa shape index (κ1) is 16.5. The smallest absolute Gasteiger partial charge is 0.260 e. The average Bonchev–Trinajstić information content (AvgIpc) is 2.46. The monoisotopic (exact) mass is 278 g/mol. The van der Waals surface area contributed by atoms with E-state index < -0.39 is 0 Å². The fourth-order valence-electron chi connectivity index (χ4n) is 1.94. The maximum absolute atomic E-state index is 11.8. The molecular weight excluding hydrogens is 252 g/mol. The Morgan fingerprint density at radius 3 is 2.35 bits per heavy atom. The highest BCUT2D eigenvalue weighted by Crippen LogP contribution is 2.19. The van der Waals surface area contributed by atoms with Crippen LogP contribution in [0.3, 0.4) is 0 Å². The number of benzene rings is 1. The van der Waals surface area contributed by atoms with Crippen LogP contribution in [0.25, 0.3) is 0 Å². The number of rotatable bonds is 7. The summed E-state index contributed by atoms with van der Waals surface area (Å²) in [6.07, 6.45) is 1.04. The highest BCUT2D eigenvalue weighted by molar-refractivity contribution is 5.77. The zero-order valence-corrected chi connectivity index (χ0v) is 13.1. The summed E-state index contributed by atoms with van der Waals surface area (Å²) in [7, 11) is 3.75. The predicted molar refractivity (Wildman–Crippen MR) is 81.9 cm³/mol. The lowest BCUT2D eigenvalue weighted by atomic mass is 10.1. The van der Waals surface area contributed by atoms with Gasteiger partial charge < -0.3 is 15.0 Å². The minimum Gasteiger partial charge on any atom is -0.484 e. The molecule has 0 radical (unpaired) electrons. The number of hydrogen-bond donors (Lipinski definition) is 1. The summed E-state index contributed by atoms with van der Waals surface area (Å²) in [5, 5.41) is 3.26. The highest BCUT2D eigenvalue weighted by atomic mass is 16.5. The molecule has 112 valence electrons. The van der Waals surface area contributed by atoms with E-state index in [-0.39, 0.29) is 18.6 Å². The maximum atomic E-state index is 11.8. The molecule has 0 fully saturated rings. The van der Waals surface area contributed by atoms with Gasteiger partial charge in [0.15, 0.2) is 6.61 Å². The summed E-state index contributed by atoms with van der Waals surface area (Å²) in [6.45, 7) is 6.19. The minimum atomic E-state index is -0.00858. The van der Waals surface area contributed by atoms with E-state index in [2.05, 4.69) is 12.2 Å². The summed E-state index contributed by atoms with van der Waals surface area (Å²) in [5.41, 5.74) is 1.23. The molecule has 1 rings (SSSR count). The van der Waals surface area contributed by atoms with Gasteiger partial charge in [-0.15, -0.1) is 0 Å². The van der Waals surface area contributed by atoms with Crippen LogP contribution in [-0.2, 0) is 4.79 Å². The fourth-order valence-corrected chi connectivity index (χ4v) is 1.94. The van der Waals surface area contributed by atoms with Gasteiger partial charge in [-0.1, -0.05) is 19.1 Å². The second-order valence-corrected chi connectivity index (χ2v) is 5.21. The van der Waals surface area contributed by atoms with E-state index >= 15 is 0 Å². The quantitative estimate of drug-likeness (QED) is 0.833. The molecule has 0 spiro atoms. The van der Waals surface area contributed by atoms with E-state index in [0.717, 1.165) is 12.2 Å². The third-order valence-electron chi connectivity index (χ3n) is 3.57. The SMILES string of the molecule is CCC(NC)c1ccc(OCC(=O)N(C)C(C)C)cc1. The summed E-state index contributed by atoms with van der Waals surface area (Å²) in [5.74, 6) is 0.718. The molecule has 4 nitrogen and oxygen atoms in total. The van der Waals surface area contributed by atoms with Crippen LogP contribution in [0, 0.1) is 0 Å². The normalized spacial score (nSPS) is 12.3. The highest BCUT2D eigenvalue weighted by Gasteiger charge is 2.12. The van der Waals surface area contributed by atoms with Gasteiger partial charge in [-0.3, -0.25) is 4.79 Å². The summed E-state index contributed by atoms with van der Waals surface area (Å²) in [4.78, 5) is 13.5. The van der Waals surface area contributed by atoms with Gasteiger partial charge in [0.2, 0.25) is 0 Å². The van der Waals surface area contributed by atoms with Gasteiger partial charge in [0.25, 0.3) is 5.91 Å². The van der Waals surface area contributed by atoms with Gasteiger partial charge in [0, 0.05) is 19.1 Å². The van der Waals surface area contributed by atoms with E-state index in [9.17, 15) is 4.79 Å². The summed E-state index contributed by atoms with van der Waals surface area (Å²) in [6, 6.07) is 8.45. The van der Waals surface area contributed by atoms with E-state index in [1.807, 2.05) is 45.2 Å². The van der Waals surface area contributed by atoms with Gasteiger partial charge in [-0.25, -0.2) is 0 Å². The molecule has 0 heterocycles. The maximum Gasteiger partial charge on any atom is 0.260 e. The van der Waals surface area contributed by atoms with Crippen LogP contribution in [0.15, 0.2) is 24.3 Å². The molecule has 0 aromatic heterocycles. The van der Waals surface area contributed by atoms with Crippen molar-refractivity contribution in [2.45, 2.75) is 39.3 Å². The second kappa shape index (κ2) is 7.90. The van der Waals surface area contributed by atoms with Gasteiger partial charge in [-0.2, -0.15) is 0 Å². The van der Waals surface area contributed by atoms with Crippen molar-refractivity contribution >= 4 is 5.91 Å². The summed E-state index contributed by atoms with van der Waals surface area (Å²) < 4.78 is 5.53. The molecule has 1 amide bonds. The summed E-state index contributed by atoms with van der Waals surface area (Å²) >= 11 is 0. The van der Waals surface area contributed by atoms with E-state index in [0.29, 0.717) is 6.04 Å². The van der Waals surface area contributed by atoms with Crippen molar-refractivity contribution < 1.29 is 9.53 Å². The van der Waals surface area contributed by atoms with Crippen molar-refractivity contribution in [2.75, 3.05) is 20.7 Å². The molecule has 0 aliphatic carbocycles. The van der Waals surface area contributed by atoms with Crippen molar-refractivity contribution in [2.24, 2.45) is 0 Å². The first-order valence-electron chi connectivity index (χ1n) is 7.15. The number of nitrogens with one attached hydrogen (secondary N) is 1. The number of amides is 1. The van der Waals surface area contributed by atoms with E-state index in [1.54, 1.807) is 11.9 Å². The average molecular weight is 278 g/mol. The third-order valence-corrected chi connectivity index (χ3v) is 3.57. The van der Waals surface area contributed by atoms with Crippen molar-refractivity contribution in [1.82, 2.24) is 10.2 Å². The lowest BCUT2D eigenvalue weighted by molar-refractivity contribution is -0.133. The molecule has 20 heavy (non-hydrogen) atoms. The Labute approximate surface area is 122 Å². The zero-order valence-electron chi connectivity index (χ0n) is 13.1. The largest absolute Gasteiger partial charge is 0.484 e. The molecule has 0 aliphatic rings. The van der Waals surface area contributed by atoms with E-state index in [4.69, 9.17) is 4.74 Å². The van der Waals surface area contributed by atoms with Crippen LogP contribution in [0.2, 0.25) is 0 Å². The molecule has 0 saturated heterocycles. The van der Waals surface area contributed by atoms with Crippen molar-refractivity contribution in [3.8, 4) is 5.75 Å². The number of hydrogen-bond acceptors (Lipinski definition) is 3. The van der Waals surface area contributed by atoms with E-state index in [1.165, 1.54) is 5.56 Å². The Hall–Kier alpha value is -1.55. The molecule has 1 unspecified atom stereocenters. The Kier molecular flexibility index (Phi) is 6.52. The van der Waals surface area contributed by atoms with Gasteiger partial charge in [-0.05, 0) is 45.0 Å². The van der Waals surface area contributed by atoms with Crippen molar-refractivity contribution in [3.05, 3.63) is 29.8 Å². The van der Waals surface area contributed by atoms with Crippen LogP contribution in [0.5, 0.6) is 5.75 Å². The molecule has 1 aromatic rings. The topological polar surface area (TPSA) is 41.6 Å². The first-order chi connectivity index (χ1) is 9.49. The number of carbonyl (C=O) groups excluding carboxylic acids is 1. The molecule has 0 bridgehead atoms. The third kappa shape index (κ3) is 4.53. The number of likely N-dealkylation sites (N-methyl/N-ethyl adjacent to an activating group) is 1.